The molecule has 0 aliphatic carbocycles. The maximum Gasteiger partial charge on any atom is 0.262 e. The number of aryl methyl sites for hydroxylation is 2. The molecular formula is C26H28N2O4. The number of amides is 2. The Morgan fingerprint density at radius 2 is 1.06 bits per heavy atom. The molecule has 0 aliphatic heterocycles. The lowest BCUT2D eigenvalue weighted by Gasteiger charge is -2.10. The third-order valence-electron chi connectivity index (χ3n) is 4.81. The van der Waals surface area contributed by atoms with Crippen LogP contribution in [-0.4, -0.2) is 25.0 Å². The highest BCUT2D eigenvalue weighted by Gasteiger charge is 2.07. The van der Waals surface area contributed by atoms with Crippen LogP contribution in [0.15, 0.2) is 72.8 Å². The molecule has 0 unspecified atom stereocenters. The molecule has 0 atom stereocenters. The molecule has 0 saturated heterocycles. The molecule has 32 heavy (non-hydrogen) atoms. The molecule has 0 saturated carbocycles. The number of hydrogen-bond donors (Lipinski definition) is 2. The van der Waals surface area contributed by atoms with E-state index in [1.165, 1.54) is 0 Å². The van der Waals surface area contributed by atoms with Crippen molar-refractivity contribution in [2.75, 3.05) is 23.8 Å². The van der Waals surface area contributed by atoms with Crippen LogP contribution in [-0.2, 0) is 22.4 Å². The summed E-state index contributed by atoms with van der Waals surface area (Å²) >= 11 is 0. The molecule has 3 aromatic carbocycles. The van der Waals surface area contributed by atoms with E-state index >= 15 is 0 Å². The molecule has 2 N–H and O–H groups in total. The van der Waals surface area contributed by atoms with E-state index in [-0.39, 0.29) is 25.0 Å². The van der Waals surface area contributed by atoms with Gasteiger partial charge < -0.3 is 20.1 Å². The van der Waals surface area contributed by atoms with Crippen LogP contribution in [0.3, 0.4) is 0 Å². The zero-order chi connectivity index (χ0) is 22.8. The SMILES string of the molecule is CCc1cccc(OCC(=O)Nc2ccc(NC(=O)COc3cccc(CC)c3)cc2)c1. The minimum Gasteiger partial charge on any atom is -0.484 e. The van der Waals surface area contributed by atoms with E-state index in [2.05, 4.69) is 24.5 Å². The Kier molecular flexibility index (Phi) is 8.26. The highest BCUT2D eigenvalue weighted by atomic mass is 16.5. The van der Waals surface area contributed by atoms with Gasteiger partial charge >= 0.3 is 0 Å². The summed E-state index contributed by atoms with van der Waals surface area (Å²) < 4.78 is 11.1. The number of hydrogen-bond acceptors (Lipinski definition) is 4. The van der Waals surface area contributed by atoms with Gasteiger partial charge in [-0.05, 0) is 72.5 Å². The molecular weight excluding hydrogens is 404 g/mol. The number of ether oxygens (including phenoxy) is 2. The van der Waals surface area contributed by atoms with Crippen molar-refractivity contribution in [1.82, 2.24) is 0 Å². The Hall–Kier alpha value is -3.80. The summed E-state index contributed by atoms with van der Waals surface area (Å²) in [5.41, 5.74) is 3.54. The molecule has 0 spiro atoms. The third-order valence-corrected chi connectivity index (χ3v) is 4.81. The number of carbonyl (C=O) groups excluding carboxylic acids is 2. The van der Waals surface area contributed by atoms with Crippen LogP contribution in [0.1, 0.15) is 25.0 Å². The van der Waals surface area contributed by atoms with E-state index in [4.69, 9.17) is 9.47 Å². The number of benzene rings is 3. The summed E-state index contributed by atoms with van der Waals surface area (Å²) in [6, 6.07) is 22.2. The third kappa shape index (κ3) is 7.16. The van der Waals surface area contributed by atoms with Gasteiger partial charge in [-0.3, -0.25) is 9.59 Å². The lowest BCUT2D eigenvalue weighted by molar-refractivity contribution is -0.118. The van der Waals surface area contributed by atoms with Gasteiger partial charge in [-0.25, -0.2) is 0 Å². The van der Waals surface area contributed by atoms with Gasteiger partial charge in [0.15, 0.2) is 13.2 Å². The standard InChI is InChI=1S/C26H28N2O4/c1-3-19-7-5-9-23(15-19)31-17-25(29)27-21-11-13-22(14-12-21)28-26(30)18-32-24-10-6-8-20(4-2)16-24/h5-16H,3-4,17-18H2,1-2H3,(H,27,29)(H,28,30). The molecule has 2 amide bonds. The summed E-state index contributed by atoms with van der Waals surface area (Å²) in [6.45, 7) is 3.97. The quantitative estimate of drug-likeness (QED) is 0.480. The fourth-order valence-corrected chi connectivity index (χ4v) is 3.04. The number of nitrogens with one attached hydrogen (secondary N) is 2. The van der Waals surface area contributed by atoms with E-state index in [1.54, 1.807) is 24.3 Å². The van der Waals surface area contributed by atoms with E-state index in [0.717, 1.165) is 24.0 Å². The molecule has 6 nitrogen and oxygen atoms in total. The van der Waals surface area contributed by atoms with Gasteiger partial charge in [-0.15, -0.1) is 0 Å². The van der Waals surface area contributed by atoms with Crippen molar-refractivity contribution in [2.45, 2.75) is 26.7 Å². The second-order valence-electron chi connectivity index (χ2n) is 7.25. The molecule has 0 heterocycles. The molecule has 0 bridgehead atoms. The van der Waals surface area contributed by atoms with Crippen molar-refractivity contribution >= 4 is 23.2 Å². The second kappa shape index (κ2) is 11.6. The Labute approximate surface area is 188 Å². The van der Waals surface area contributed by atoms with E-state index in [0.29, 0.717) is 22.9 Å². The van der Waals surface area contributed by atoms with E-state index in [1.807, 2.05) is 48.5 Å². The van der Waals surface area contributed by atoms with E-state index in [9.17, 15) is 9.59 Å². The van der Waals surface area contributed by atoms with Crippen molar-refractivity contribution in [2.24, 2.45) is 0 Å². The van der Waals surface area contributed by atoms with Gasteiger partial charge in [0.2, 0.25) is 0 Å². The average molecular weight is 433 g/mol. The second-order valence-corrected chi connectivity index (χ2v) is 7.25. The highest BCUT2D eigenvalue weighted by Crippen LogP contribution is 2.16. The Bertz CT molecular complexity index is 963. The lowest BCUT2D eigenvalue weighted by Crippen LogP contribution is -2.21. The summed E-state index contributed by atoms with van der Waals surface area (Å²) in [4.78, 5) is 24.3. The average Bonchev–Trinajstić information content (AvgIpc) is 2.83. The minimum absolute atomic E-state index is 0.0811. The van der Waals surface area contributed by atoms with Gasteiger partial charge in [0.25, 0.3) is 11.8 Å². The van der Waals surface area contributed by atoms with Gasteiger partial charge in [0.05, 0.1) is 0 Å². The van der Waals surface area contributed by atoms with Crippen LogP contribution in [0.25, 0.3) is 0 Å². The summed E-state index contributed by atoms with van der Waals surface area (Å²) in [6.07, 6.45) is 1.81. The first-order valence-corrected chi connectivity index (χ1v) is 10.7. The van der Waals surface area contributed by atoms with Crippen molar-refractivity contribution < 1.29 is 19.1 Å². The Morgan fingerprint density at radius 1 is 0.656 bits per heavy atom. The first-order valence-electron chi connectivity index (χ1n) is 10.7. The van der Waals surface area contributed by atoms with Crippen molar-refractivity contribution in [1.29, 1.82) is 0 Å². The smallest absolute Gasteiger partial charge is 0.262 e. The first-order chi connectivity index (χ1) is 15.6. The van der Waals surface area contributed by atoms with Crippen LogP contribution in [0.5, 0.6) is 11.5 Å². The predicted octanol–water partition coefficient (Wildman–Crippen LogP) is 4.85. The van der Waals surface area contributed by atoms with E-state index < -0.39 is 0 Å². The summed E-state index contributed by atoms with van der Waals surface area (Å²) in [5, 5.41) is 5.55. The Morgan fingerprint density at radius 3 is 1.44 bits per heavy atom. The monoisotopic (exact) mass is 432 g/mol. The van der Waals surface area contributed by atoms with Crippen molar-refractivity contribution in [3.8, 4) is 11.5 Å². The van der Waals surface area contributed by atoms with Crippen molar-refractivity contribution in [3.05, 3.63) is 83.9 Å². The Balaban J connectivity index is 1.43. The van der Waals surface area contributed by atoms with Crippen LogP contribution in [0.4, 0.5) is 11.4 Å². The zero-order valence-electron chi connectivity index (χ0n) is 18.4. The molecule has 3 rings (SSSR count). The fraction of sp³-hybridized carbons (Fsp3) is 0.231. The molecule has 0 fully saturated rings. The normalized spacial score (nSPS) is 10.3. The molecule has 0 radical (unpaired) electrons. The highest BCUT2D eigenvalue weighted by molar-refractivity contribution is 5.94. The molecule has 3 aromatic rings. The molecule has 0 aromatic heterocycles. The molecule has 6 heteroatoms. The largest absolute Gasteiger partial charge is 0.484 e. The van der Waals surface area contributed by atoms with Crippen molar-refractivity contribution in [3.63, 3.8) is 0 Å². The van der Waals surface area contributed by atoms with Crippen LogP contribution in [0.2, 0.25) is 0 Å². The van der Waals surface area contributed by atoms with Crippen LogP contribution < -0.4 is 20.1 Å². The van der Waals surface area contributed by atoms with Gasteiger partial charge in [0, 0.05) is 11.4 Å². The summed E-state index contributed by atoms with van der Waals surface area (Å²) in [7, 11) is 0. The number of carbonyl (C=O) groups is 2. The predicted molar refractivity (Wildman–Crippen MR) is 126 cm³/mol. The minimum atomic E-state index is -0.258. The first kappa shape index (κ1) is 22.9. The van der Waals surface area contributed by atoms with Gasteiger partial charge in [-0.2, -0.15) is 0 Å². The number of anilines is 2. The molecule has 166 valence electrons. The van der Waals surface area contributed by atoms with Crippen LogP contribution >= 0.6 is 0 Å². The van der Waals surface area contributed by atoms with Gasteiger partial charge in [-0.1, -0.05) is 38.1 Å². The topological polar surface area (TPSA) is 76.7 Å². The van der Waals surface area contributed by atoms with Crippen LogP contribution in [0, 0.1) is 0 Å². The maximum atomic E-state index is 12.1. The molecule has 0 aliphatic rings. The fourth-order valence-electron chi connectivity index (χ4n) is 3.04. The number of rotatable bonds is 10. The maximum absolute atomic E-state index is 12.1. The zero-order valence-corrected chi connectivity index (χ0v) is 18.4. The van der Waals surface area contributed by atoms with Gasteiger partial charge in [0.1, 0.15) is 11.5 Å². The summed E-state index contributed by atoms with van der Waals surface area (Å²) in [5.74, 6) is 0.820. The lowest BCUT2D eigenvalue weighted by atomic mass is 10.2.